The van der Waals surface area contributed by atoms with Gasteiger partial charge in [-0.15, -0.1) is 0 Å². The minimum Gasteiger partial charge on any atom is -0.504 e. The molecular formula is C29H36N4O7. The average Bonchev–Trinajstić information content (AvgIpc) is 3.37. The van der Waals surface area contributed by atoms with Crippen LogP contribution in [0.5, 0.6) is 17.2 Å². The van der Waals surface area contributed by atoms with Gasteiger partial charge in [0.1, 0.15) is 5.75 Å². The second kappa shape index (κ2) is 15.2. The predicted molar refractivity (Wildman–Crippen MR) is 150 cm³/mol. The zero-order valence-corrected chi connectivity index (χ0v) is 22.7. The van der Waals surface area contributed by atoms with E-state index in [2.05, 4.69) is 10.3 Å². The van der Waals surface area contributed by atoms with Crippen LogP contribution in [-0.4, -0.2) is 71.8 Å². The largest absolute Gasteiger partial charge is 0.504 e. The molecule has 1 aromatic heterocycles. The maximum atomic E-state index is 13.0. The molecular weight excluding hydrogens is 516 g/mol. The number of H-pyrrole nitrogens is 1. The molecule has 5 N–H and O–H groups in total. The van der Waals surface area contributed by atoms with E-state index in [9.17, 15) is 19.5 Å². The summed E-state index contributed by atoms with van der Waals surface area (Å²) in [6.45, 7) is 0.587. The van der Waals surface area contributed by atoms with Crippen LogP contribution in [-0.2, 0) is 20.8 Å². The maximum Gasteiger partial charge on any atom is 0.247 e. The van der Waals surface area contributed by atoms with Crippen LogP contribution in [0.15, 0.2) is 48.7 Å². The molecule has 0 saturated heterocycles. The van der Waals surface area contributed by atoms with Crippen molar-refractivity contribution in [3.05, 3.63) is 59.8 Å². The van der Waals surface area contributed by atoms with Crippen molar-refractivity contribution in [3.63, 3.8) is 0 Å². The van der Waals surface area contributed by atoms with Gasteiger partial charge in [-0.3, -0.25) is 19.6 Å². The number of carbonyl (C=O) groups is 3. The molecule has 0 spiro atoms. The number of hydrogen-bond donors (Lipinski definition) is 5. The van der Waals surface area contributed by atoms with Gasteiger partial charge in [0, 0.05) is 42.7 Å². The molecule has 0 atom stereocenters. The topological polar surface area (TPSA) is 153 Å². The number of phenols is 1. The van der Waals surface area contributed by atoms with Gasteiger partial charge < -0.3 is 29.8 Å². The first-order chi connectivity index (χ1) is 19.3. The molecule has 214 valence electrons. The Morgan fingerprint density at radius 3 is 2.60 bits per heavy atom. The lowest BCUT2D eigenvalue weighted by Gasteiger charge is -2.21. The van der Waals surface area contributed by atoms with Gasteiger partial charge in [0.2, 0.25) is 17.7 Å². The second-order valence-electron chi connectivity index (χ2n) is 9.20. The molecule has 3 aromatic rings. The highest BCUT2D eigenvalue weighted by Crippen LogP contribution is 2.27. The molecule has 11 nitrogen and oxygen atoms in total. The third-order valence-electron chi connectivity index (χ3n) is 6.42. The van der Waals surface area contributed by atoms with E-state index in [1.807, 2.05) is 24.4 Å². The van der Waals surface area contributed by atoms with Gasteiger partial charge >= 0.3 is 0 Å². The first kappa shape index (κ1) is 30.0. The molecule has 3 amide bonds. The van der Waals surface area contributed by atoms with Crippen LogP contribution in [0.1, 0.15) is 36.8 Å². The lowest BCUT2D eigenvalue weighted by molar-refractivity contribution is -0.132. The highest BCUT2D eigenvalue weighted by molar-refractivity contribution is 5.94. The number of aromatic nitrogens is 1. The van der Waals surface area contributed by atoms with E-state index >= 15 is 0 Å². The fourth-order valence-corrected chi connectivity index (χ4v) is 4.22. The number of fused-ring (bicyclic) bond motifs is 1. The van der Waals surface area contributed by atoms with E-state index in [-0.39, 0.29) is 36.3 Å². The Hall–Kier alpha value is -4.51. The van der Waals surface area contributed by atoms with Crippen molar-refractivity contribution in [2.45, 2.75) is 32.1 Å². The number of ether oxygens (including phenoxy) is 2. The number of methoxy groups -OCH3 is 2. The third-order valence-corrected chi connectivity index (χ3v) is 6.42. The van der Waals surface area contributed by atoms with Gasteiger partial charge in [-0.25, -0.2) is 5.48 Å². The Balaban J connectivity index is 1.59. The Morgan fingerprint density at radius 2 is 1.85 bits per heavy atom. The number of hydrogen-bond acceptors (Lipinski definition) is 7. The van der Waals surface area contributed by atoms with Crippen molar-refractivity contribution in [2.24, 2.45) is 0 Å². The summed E-state index contributed by atoms with van der Waals surface area (Å²) in [5.41, 5.74) is 4.27. The number of rotatable bonds is 15. The Kier molecular flexibility index (Phi) is 11.4. The molecule has 2 aromatic carbocycles. The molecule has 0 radical (unpaired) electrons. The molecule has 40 heavy (non-hydrogen) atoms. The zero-order valence-electron chi connectivity index (χ0n) is 22.7. The monoisotopic (exact) mass is 552 g/mol. The summed E-state index contributed by atoms with van der Waals surface area (Å²) in [6, 6.07) is 10.5. The lowest BCUT2D eigenvalue weighted by atomic mass is 10.1. The summed E-state index contributed by atoms with van der Waals surface area (Å²) in [7, 11) is 3.05. The number of hydroxylamine groups is 1. The Bertz CT molecular complexity index is 1340. The number of nitrogens with one attached hydrogen (secondary N) is 3. The molecule has 0 saturated carbocycles. The summed E-state index contributed by atoms with van der Waals surface area (Å²) < 4.78 is 10.4. The number of phenolic OH excluding ortho intramolecular Hbond substituents is 1. The number of aromatic amines is 1. The predicted octanol–water partition coefficient (Wildman–Crippen LogP) is 3.16. The van der Waals surface area contributed by atoms with Crippen molar-refractivity contribution >= 4 is 34.7 Å². The quantitative estimate of drug-likeness (QED) is 0.0840. The van der Waals surface area contributed by atoms with Crippen LogP contribution in [0.3, 0.4) is 0 Å². The van der Waals surface area contributed by atoms with Crippen LogP contribution in [0, 0.1) is 0 Å². The first-order valence-electron chi connectivity index (χ1n) is 13.0. The van der Waals surface area contributed by atoms with E-state index in [0.717, 1.165) is 22.2 Å². The van der Waals surface area contributed by atoms with E-state index < -0.39 is 5.91 Å². The summed E-state index contributed by atoms with van der Waals surface area (Å²) in [4.78, 5) is 41.7. The van der Waals surface area contributed by atoms with Gasteiger partial charge in [-0.2, -0.15) is 0 Å². The van der Waals surface area contributed by atoms with Crippen molar-refractivity contribution in [1.29, 1.82) is 0 Å². The van der Waals surface area contributed by atoms with Crippen LogP contribution in [0.4, 0.5) is 0 Å². The number of nitrogens with zero attached hydrogens (tertiary/aromatic N) is 1. The van der Waals surface area contributed by atoms with Gasteiger partial charge in [0.15, 0.2) is 11.5 Å². The molecule has 3 rings (SSSR count). The number of benzene rings is 2. The lowest BCUT2D eigenvalue weighted by Crippen LogP contribution is -2.41. The summed E-state index contributed by atoms with van der Waals surface area (Å²) in [5, 5.41) is 22.3. The number of amides is 3. The maximum absolute atomic E-state index is 13.0. The molecule has 0 bridgehead atoms. The van der Waals surface area contributed by atoms with Crippen molar-refractivity contribution in [1.82, 2.24) is 20.7 Å². The fourth-order valence-electron chi connectivity index (χ4n) is 4.22. The minimum atomic E-state index is -0.465. The normalized spacial score (nSPS) is 11.0. The minimum absolute atomic E-state index is 0.00840. The average molecular weight is 553 g/mol. The third kappa shape index (κ3) is 8.77. The van der Waals surface area contributed by atoms with Crippen LogP contribution >= 0.6 is 0 Å². The number of unbranched alkanes of at least 4 members (excludes halogenated alkanes) is 2. The molecule has 0 aliphatic carbocycles. The molecule has 0 fully saturated rings. The van der Waals surface area contributed by atoms with Gasteiger partial charge in [-0.05, 0) is 66.8 Å². The standard InChI is InChI=1S/C29H36N4O7/c1-39-22-9-10-24-23(17-22)21(18-31-24)13-14-30-28(36)19-33(15-5-3-4-6-27(35)32-38)29(37)12-8-20-7-11-25(34)26(16-20)40-2/h7-12,16-18,31,34,38H,3-6,13-15,19H2,1-2H3,(H,30,36)(H,32,35)/b12-8+. The first-order valence-corrected chi connectivity index (χ1v) is 13.0. The second-order valence-corrected chi connectivity index (χ2v) is 9.20. The summed E-state index contributed by atoms with van der Waals surface area (Å²) in [5.74, 6) is -0.0722. The molecule has 1 heterocycles. The van der Waals surface area contributed by atoms with E-state index in [1.165, 1.54) is 24.2 Å². The molecule has 0 unspecified atom stereocenters. The van der Waals surface area contributed by atoms with Crippen LogP contribution in [0.2, 0.25) is 0 Å². The fraction of sp³-hybridized carbons (Fsp3) is 0.345. The molecule has 0 aliphatic rings. The number of aromatic hydroxyl groups is 1. The smallest absolute Gasteiger partial charge is 0.247 e. The summed E-state index contributed by atoms with van der Waals surface area (Å²) in [6.07, 6.45) is 7.40. The Labute approximate surface area is 232 Å². The Morgan fingerprint density at radius 1 is 1.02 bits per heavy atom. The van der Waals surface area contributed by atoms with E-state index in [4.69, 9.17) is 14.7 Å². The zero-order chi connectivity index (χ0) is 28.9. The molecule has 0 aliphatic heterocycles. The van der Waals surface area contributed by atoms with Crippen LogP contribution in [0.25, 0.3) is 17.0 Å². The van der Waals surface area contributed by atoms with Gasteiger partial charge in [-0.1, -0.05) is 12.5 Å². The van der Waals surface area contributed by atoms with E-state index in [1.54, 1.807) is 30.8 Å². The number of carbonyl (C=O) groups excluding carboxylic acids is 3. The van der Waals surface area contributed by atoms with E-state index in [0.29, 0.717) is 44.3 Å². The van der Waals surface area contributed by atoms with Crippen molar-refractivity contribution < 1.29 is 34.2 Å². The SMILES string of the molecule is COc1ccc2[nH]cc(CCNC(=O)CN(CCCCCC(=O)NO)C(=O)/C=C/c3ccc(O)c(OC)c3)c2c1. The van der Waals surface area contributed by atoms with Crippen molar-refractivity contribution in [2.75, 3.05) is 33.9 Å². The van der Waals surface area contributed by atoms with Gasteiger partial charge in [0.25, 0.3) is 0 Å². The van der Waals surface area contributed by atoms with Crippen LogP contribution < -0.4 is 20.3 Å². The van der Waals surface area contributed by atoms with Gasteiger partial charge in [0.05, 0.1) is 20.8 Å². The highest BCUT2D eigenvalue weighted by atomic mass is 16.5. The molecule has 11 heteroatoms. The highest BCUT2D eigenvalue weighted by Gasteiger charge is 2.15. The van der Waals surface area contributed by atoms with Crippen molar-refractivity contribution in [3.8, 4) is 17.2 Å². The summed E-state index contributed by atoms with van der Waals surface area (Å²) >= 11 is 0.